The summed E-state index contributed by atoms with van der Waals surface area (Å²) in [6, 6.07) is 8.52. The lowest BCUT2D eigenvalue weighted by molar-refractivity contribution is 0.255. The average Bonchev–Trinajstić information content (AvgIpc) is 3.20. The van der Waals surface area contributed by atoms with Gasteiger partial charge in [0.25, 0.3) is 0 Å². The van der Waals surface area contributed by atoms with Crippen LogP contribution in [0.2, 0.25) is 36.3 Å². The van der Waals surface area contributed by atoms with Crippen molar-refractivity contribution in [3.8, 4) is 5.75 Å². The molecule has 0 radical (unpaired) electrons. The molecule has 0 aliphatic carbocycles. The van der Waals surface area contributed by atoms with Crippen molar-refractivity contribution < 1.29 is 18.7 Å². The van der Waals surface area contributed by atoms with Gasteiger partial charge in [-0.25, -0.2) is 0 Å². The van der Waals surface area contributed by atoms with E-state index >= 15 is 0 Å². The van der Waals surface area contributed by atoms with E-state index in [-0.39, 0.29) is 16.7 Å². The molecule has 2 aromatic rings. The molecule has 7 heteroatoms. The Kier molecular flexibility index (Phi) is 10.4. The molecule has 0 aliphatic heterocycles. The van der Waals surface area contributed by atoms with Crippen molar-refractivity contribution in [2.24, 2.45) is 0 Å². The van der Waals surface area contributed by atoms with E-state index in [1.165, 1.54) is 16.0 Å². The zero-order chi connectivity index (χ0) is 26.5. The summed E-state index contributed by atoms with van der Waals surface area (Å²) in [4.78, 5) is 1.20. The number of aryl methyl sites for hydroxylation is 1. The average molecular weight is 537 g/mol. The first-order chi connectivity index (χ1) is 16.1. The summed E-state index contributed by atoms with van der Waals surface area (Å²) in [5.41, 5.74) is 3.60. The Hall–Kier alpha value is -0.966. The maximum absolute atomic E-state index is 9.06. The highest BCUT2D eigenvalue weighted by molar-refractivity contribution is 7.10. The molecule has 4 nitrogen and oxygen atoms in total. The zero-order valence-corrected chi connectivity index (χ0v) is 26.5. The highest BCUT2D eigenvalue weighted by Gasteiger charge is 2.38. The van der Waals surface area contributed by atoms with Crippen molar-refractivity contribution in [3.05, 3.63) is 51.2 Å². The first-order valence-electron chi connectivity index (χ1n) is 12.8. The maximum Gasteiger partial charge on any atom is 0.192 e. The second-order valence-electron chi connectivity index (χ2n) is 12.6. The number of hydrogen-bond acceptors (Lipinski definition) is 5. The molecule has 0 amide bonds. The third kappa shape index (κ3) is 8.83. The number of ether oxygens (including phenoxy) is 1. The van der Waals surface area contributed by atoms with Gasteiger partial charge in [0, 0.05) is 11.5 Å². The quantitative estimate of drug-likeness (QED) is 0.277. The van der Waals surface area contributed by atoms with Gasteiger partial charge in [0.1, 0.15) is 12.4 Å². The number of benzene rings is 1. The SMILES string of the molecule is CC(C)(C)[Si](C)(C)OCc1ccc(OCc2cc(CCCO)cs2)cc1CO[Si](C)(C)C(C)(C)C. The Morgan fingerprint density at radius 3 is 1.91 bits per heavy atom. The van der Waals surface area contributed by atoms with Gasteiger partial charge in [-0.05, 0) is 89.4 Å². The van der Waals surface area contributed by atoms with Crippen LogP contribution in [0.1, 0.15) is 69.5 Å². The van der Waals surface area contributed by atoms with E-state index in [2.05, 4.69) is 97.4 Å². The summed E-state index contributed by atoms with van der Waals surface area (Å²) in [5, 5.41) is 11.6. The first-order valence-corrected chi connectivity index (χ1v) is 19.4. The Balaban J connectivity index is 2.19. The highest BCUT2D eigenvalue weighted by Crippen LogP contribution is 2.39. The van der Waals surface area contributed by atoms with Gasteiger partial charge >= 0.3 is 0 Å². The molecule has 0 spiro atoms. The minimum atomic E-state index is -1.89. The minimum absolute atomic E-state index is 0.159. The first kappa shape index (κ1) is 30.3. The second kappa shape index (κ2) is 12.1. The number of aliphatic hydroxyl groups is 1. The normalized spacial score (nSPS) is 13.3. The van der Waals surface area contributed by atoms with E-state index in [4.69, 9.17) is 18.7 Å². The molecule has 0 unspecified atom stereocenters. The number of aliphatic hydroxyl groups excluding tert-OH is 1. The van der Waals surface area contributed by atoms with Gasteiger partial charge < -0.3 is 18.7 Å². The topological polar surface area (TPSA) is 47.9 Å². The van der Waals surface area contributed by atoms with Gasteiger partial charge in [-0.1, -0.05) is 47.6 Å². The lowest BCUT2D eigenvalue weighted by Gasteiger charge is -2.37. The van der Waals surface area contributed by atoms with E-state index in [1.54, 1.807) is 11.3 Å². The van der Waals surface area contributed by atoms with Crippen molar-refractivity contribution in [2.75, 3.05) is 6.61 Å². The summed E-state index contributed by atoms with van der Waals surface area (Å²) in [7, 11) is -3.74. The molecule has 198 valence electrons. The standard InChI is InChI=1S/C28H48O4SSi2/c1-27(2,3)34(7,8)31-18-23-13-14-25(17-24(23)19-32-35(9,10)28(4,5)6)30-20-26-16-22(21-33-26)12-11-15-29/h13-14,16-17,21,29H,11-12,15,18-20H2,1-10H3. The van der Waals surface area contributed by atoms with Gasteiger partial charge in [0.15, 0.2) is 16.6 Å². The third-order valence-corrected chi connectivity index (χ3v) is 17.6. The smallest absolute Gasteiger partial charge is 0.192 e. The number of rotatable bonds is 12. The molecule has 1 heterocycles. The van der Waals surface area contributed by atoms with Crippen LogP contribution in [0.3, 0.4) is 0 Å². The molecule has 2 rings (SSSR count). The second-order valence-corrected chi connectivity index (χ2v) is 23.2. The molecular formula is C28H48O4SSi2. The van der Waals surface area contributed by atoms with Crippen molar-refractivity contribution in [1.82, 2.24) is 0 Å². The van der Waals surface area contributed by atoms with Crippen molar-refractivity contribution in [1.29, 1.82) is 0 Å². The Bertz CT molecular complexity index is 939. The molecule has 35 heavy (non-hydrogen) atoms. The Labute approximate surface area is 220 Å². The summed E-state index contributed by atoms with van der Waals surface area (Å²) in [6.07, 6.45) is 1.71. The number of hydrogen-bond donors (Lipinski definition) is 1. The van der Waals surface area contributed by atoms with Crippen LogP contribution in [0, 0.1) is 0 Å². The fraction of sp³-hybridized carbons (Fsp3) is 0.643. The summed E-state index contributed by atoms with van der Waals surface area (Å²) in [6.45, 7) is 24.8. The van der Waals surface area contributed by atoms with Gasteiger partial charge in [0.2, 0.25) is 0 Å². The van der Waals surface area contributed by atoms with Crippen molar-refractivity contribution >= 4 is 28.0 Å². The highest BCUT2D eigenvalue weighted by atomic mass is 32.1. The molecule has 1 N–H and O–H groups in total. The van der Waals surface area contributed by atoms with E-state index in [0.717, 1.165) is 24.2 Å². The lowest BCUT2D eigenvalue weighted by Crippen LogP contribution is -2.41. The van der Waals surface area contributed by atoms with Crippen molar-refractivity contribution in [2.45, 2.75) is 110 Å². The van der Waals surface area contributed by atoms with Gasteiger partial charge in [-0.3, -0.25) is 0 Å². The monoisotopic (exact) mass is 536 g/mol. The van der Waals surface area contributed by atoms with Crippen LogP contribution in [0.5, 0.6) is 5.75 Å². The van der Waals surface area contributed by atoms with Crippen LogP contribution >= 0.6 is 11.3 Å². The van der Waals surface area contributed by atoms with E-state index < -0.39 is 16.6 Å². The predicted molar refractivity (Wildman–Crippen MR) is 154 cm³/mol. The fourth-order valence-electron chi connectivity index (χ4n) is 2.99. The van der Waals surface area contributed by atoms with Crippen LogP contribution in [0.4, 0.5) is 0 Å². The molecule has 1 aromatic heterocycles. The fourth-order valence-corrected chi connectivity index (χ4v) is 5.72. The van der Waals surface area contributed by atoms with Crippen molar-refractivity contribution in [3.63, 3.8) is 0 Å². The van der Waals surface area contributed by atoms with E-state index in [1.807, 2.05) is 0 Å². The number of thiophene rings is 1. The predicted octanol–water partition coefficient (Wildman–Crippen LogP) is 8.30. The van der Waals surface area contributed by atoms with E-state index in [0.29, 0.717) is 19.8 Å². The van der Waals surface area contributed by atoms with Crippen LogP contribution in [-0.2, 0) is 35.1 Å². The molecule has 0 saturated heterocycles. The molecule has 0 bridgehead atoms. The molecule has 0 saturated carbocycles. The Morgan fingerprint density at radius 1 is 0.800 bits per heavy atom. The summed E-state index contributed by atoms with van der Waals surface area (Å²) in [5.74, 6) is 0.861. The van der Waals surface area contributed by atoms with Crippen LogP contribution in [0.25, 0.3) is 0 Å². The van der Waals surface area contributed by atoms with Crippen LogP contribution in [-0.4, -0.2) is 28.3 Å². The minimum Gasteiger partial charge on any atom is -0.488 e. The third-order valence-electron chi connectivity index (χ3n) is 7.68. The molecular weight excluding hydrogens is 489 g/mol. The van der Waals surface area contributed by atoms with E-state index in [9.17, 15) is 0 Å². The van der Waals surface area contributed by atoms with Gasteiger partial charge in [0.05, 0.1) is 13.2 Å². The van der Waals surface area contributed by atoms with Gasteiger partial charge in [-0.15, -0.1) is 11.3 Å². The summed E-state index contributed by atoms with van der Waals surface area (Å²) >= 11 is 1.71. The molecule has 0 aliphatic rings. The van der Waals surface area contributed by atoms with Crippen LogP contribution in [0.15, 0.2) is 29.6 Å². The van der Waals surface area contributed by atoms with Gasteiger partial charge in [-0.2, -0.15) is 0 Å². The Morgan fingerprint density at radius 2 is 1.37 bits per heavy atom. The largest absolute Gasteiger partial charge is 0.488 e. The maximum atomic E-state index is 9.06. The molecule has 0 atom stereocenters. The van der Waals surface area contributed by atoms with Crippen LogP contribution < -0.4 is 4.74 Å². The molecule has 1 aromatic carbocycles. The summed E-state index contributed by atoms with van der Waals surface area (Å²) < 4.78 is 19.4. The zero-order valence-electron chi connectivity index (χ0n) is 23.7. The lowest BCUT2D eigenvalue weighted by atomic mass is 10.1. The molecule has 0 fully saturated rings.